The lowest BCUT2D eigenvalue weighted by molar-refractivity contribution is -0.893. The first-order chi connectivity index (χ1) is 12.2. The molecule has 2 aliphatic heterocycles. The van der Waals surface area contributed by atoms with Gasteiger partial charge in [0.25, 0.3) is 0 Å². The van der Waals surface area contributed by atoms with Crippen molar-refractivity contribution in [1.29, 1.82) is 0 Å². The van der Waals surface area contributed by atoms with Crippen molar-refractivity contribution in [3.8, 4) is 0 Å². The van der Waals surface area contributed by atoms with Gasteiger partial charge >= 0.3 is 5.97 Å². The van der Waals surface area contributed by atoms with Gasteiger partial charge in [-0.25, -0.2) is 0 Å². The third kappa shape index (κ3) is 3.40. The van der Waals surface area contributed by atoms with Gasteiger partial charge in [0, 0.05) is 11.8 Å². The minimum Gasteiger partial charge on any atom is -1.00 e. The van der Waals surface area contributed by atoms with Crippen molar-refractivity contribution < 1.29 is 35.7 Å². The molecule has 1 spiro atoms. The van der Waals surface area contributed by atoms with Gasteiger partial charge in [-0.05, 0) is 51.4 Å². The highest BCUT2D eigenvalue weighted by molar-refractivity contribution is 5.77. The fraction of sp³-hybridized carbons (Fsp3) is 0.955. The Morgan fingerprint density at radius 1 is 1.15 bits per heavy atom. The summed E-state index contributed by atoms with van der Waals surface area (Å²) in [5.74, 6) is 1.60. The van der Waals surface area contributed by atoms with Crippen LogP contribution in [0.3, 0.4) is 0 Å². The van der Waals surface area contributed by atoms with E-state index in [4.69, 9.17) is 9.47 Å². The van der Waals surface area contributed by atoms with Gasteiger partial charge in [0.05, 0.1) is 32.8 Å². The molecule has 0 aromatic heterocycles. The van der Waals surface area contributed by atoms with E-state index < -0.39 is 0 Å². The Morgan fingerprint density at radius 3 is 2.59 bits per heavy atom. The van der Waals surface area contributed by atoms with Crippen LogP contribution in [0.2, 0.25) is 0 Å². The zero-order chi connectivity index (χ0) is 18.7. The molecule has 0 N–H and O–H groups in total. The second-order valence-electron chi connectivity index (χ2n) is 10.5. The minimum absolute atomic E-state index is 0. The van der Waals surface area contributed by atoms with E-state index >= 15 is 0 Å². The predicted molar refractivity (Wildman–Crippen MR) is 102 cm³/mol. The number of hydrogen-bond acceptors (Lipinski definition) is 3. The number of hydrogen-bond donors (Lipinski definition) is 0. The van der Waals surface area contributed by atoms with Gasteiger partial charge in [0.15, 0.2) is 0 Å². The van der Waals surface area contributed by atoms with Crippen LogP contribution in [0.25, 0.3) is 0 Å². The Labute approximate surface area is 175 Å². The van der Waals surface area contributed by atoms with Crippen molar-refractivity contribution in [1.82, 2.24) is 0 Å². The molecule has 4 aliphatic rings. The number of rotatable bonds is 6. The monoisotopic (exact) mass is 443 g/mol. The SMILES string of the molecule is CCCCC[N+](C)(C)CC1C(=O)O[C@@]23[C@H]1CC[C@@H](C)[C@@H]2CC[C@@]1(C)O[C@@H]31.[Br-]. The number of quaternary nitrogens is 1. The van der Waals surface area contributed by atoms with Gasteiger partial charge in [-0.3, -0.25) is 4.79 Å². The van der Waals surface area contributed by atoms with Crippen LogP contribution >= 0.6 is 0 Å². The van der Waals surface area contributed by atoms with Crippen LogP contribution in [0.15, 0.2) is 0 Å². The minimum atomic E-state index is -0.324. The summed E-state index contributed by atoms with van der Waals surface area (Å²) in [6.07, 6.45) is 8.54. The van der Waals surface area contributed by atoms with E-state index in [1.165, 1.54) is 25.7 Å². The fourth-order valence-corrected chi connectivity index (χ4v) is 6.67. The van der Waals surface area contributed by atoms with Crippen molar-refractivity contribution in [2.45, 2.75) is 83.0 Å². The summed E-state index contributed by atoms with van der Waals surface area (Å²) in [4.78, 5) is 13.1. The Balaban J connectivity index is 0.00000210. The maximum Gasteiger partial charge on any atom is 0.315 e. The molecular weight excluding hydrogens is 406 g/mol. The summed E-state index contributed by atoms with van der Waals surface area (Å²) in [7, 11) is 4.57. The van der Waals surface area contributed by atoms with Gasteiger partial charge in [-0.2, -0.15) is 0 Å². The number of ether oxygens (including phenoxy) is 2. The maximum atomic E-state index is 13.1. The molecule has 156 valence electrons. The molecule has 4 nitrogen and oxygen atoms in total. The average molecular weight is 444 g/mol. The second-order valence-corrected chi connectivity index (χ2v) is 10.5. The standard InChI is InChI=1S/C22H38NO3.BrH/c1-6-7-8-13-23(4,5)14-16-18-10-9-15(2)17-11-12-21(3)20(26-21)22(17,18)25-19(16)24;/h15-18,20H,6-14H2,1-5H3;1H/q+1;/p-1/t15-,16?,17+,18+,20-,21-,22-;/m1./s1. The van der Waals surface area contributed by atoms with E-state index in [1.807, 2.05) is 0 Å². The van der Waals surface area contributed by atoms with Crippen molar-refractivity contribution >= 4 is 5.97 Å². The van der Waals surface area contributed by atoms with Gasteiger partial charge in [-0.1, -0.05) is 20.3 Å². The van der Waals surface area contributed by atoms with Crippen LogP contribution < -0.4 is 17.0 Å². The van der Waals surface area contributed by atoms with Gasteiger partial charge in [0.1, 0.15) is 17.6 Å². The topological polar surface area (TPSA) is 38.8 Å². The van der Waals surface area contributed by atoms with E-state index in [0.717, 1.165) is 36.8 Å². The first-order valence-electron chi connectivity index (χ1n) is 11.0. The highest BCUT2D eigenvalue weighted by atomic mass is 79.9. The molecule has 7 atom stereocenters. The van der Waals surface area contributed by atoms with Crippen molar-refractivity contribution in [2.75, 3.05) is 27.2 Å². The van der Waals surface area contributed by atoms with Crippen LogP contribution in [-0.4, -0.2) is 54.9 Å². The summed E-state index contributed by atoms with van der Waals surface area (Å²) in [6.45, 7) is 8.90. The summed E-state index contributed by atoms with van der Waals surface area (Å²) < 4.78 is 13.5. The molecule has 0 amide bonds. The number of unbranched alkanes of at least 4 members (excludes halogenated alkanes) is 2. The number of fused-ring (bicyclic) bond motifs is 1. The van der Waals surface area contributed by atoms with Crippen molar-refractivity contribution in [3.05, 3.63) is 0 Å². The molecule has 2 aliphatic carbocycles. The third-order valence-corrected chi connectivity index (χ3v) is 8.15. The van der Waals surface area contributed by atoms with Crippen LogP contribution in [-0.2, 0) is 14.3 Å². The second kappa shape index (κ2) is 7.28. The summed E-state index contributed by atoms with van der Waals surface area (Å²) >= 11 is 0. The Hall–Kier alpha value is -0.130. The average Bonchev–Trinajstić information content (AvgIpc) is 3.19. The van der Waals surface area contributed by atoms with Crippen LogP contribution in [0.4, 0.5) is 0 Å². The van der Waals surface area contributed by atoms with Gasteiger partial charge in [-0.15, -0.1) is 0 Å². The molecule has 2 saturated carbocycles. The first kappa shape index (κ1) is 21.6. The highest BCUT2D eigenvalue weighted by Gasteiger charge is 2.77. The number of esters is 1. The lowest BCUT2D eigenvalue weighted by Crippen LogP contribution is -3.00. The smallest absolute Gasteiger partial charge is 0.315 e. The fourth-order valence-electron chi connectivity index (χ4n) is 6.67. The molecule has 0 aromatic carbocycles. The summed E-state index contributed by atoms with van der Waals surface area (Å²) in [6, 6.07) is 0. The molecule has 4 fully saturated rings. The molecular formula is C22H38BrNO3. The van der Waals surface area contributed by atoms with E-state index in [9.17, 15) is 4.79 Å². The van der Waals surface area contributed by atoms with E-state index in [2.05, 4.69) is 34.9 Å². The highest BCUT2D eigenvalue weighted by Crippen LogP contribution is 2.66. The first-order valence-corrected chi connectivity index (χ1v) is 11.0. The third-order valence-electron chi connectivity index (χ3n) is 8.15. The van der Waals surface area contributed by atoms with Gasteiger partial charge in [0.2, 0.25) is 0 Å². The number of carbonyl (C=O) groups is 1. The van der Waals surface area contributed by atoms with Crippen LogP contribution in [0, 0.1) is 23.7 Å². The molecule has 0 radical (unpaired) electrons. The lowest BCUT2D eigenvalue weighted by atomic mass is 9.55. The number of carbonyl (C=O) groups excluding carboxylic acids is 1. The van der Waals surface area contributed by atoms with Crippen LogP contribution in [0.5, 0.6) is 0 Å². The Bertz CT molecular complexity index is 582. The summed E-state index contributed by atoms with van der Waals surface area (Å²) in [5, 5.41) is 0. The predicted octanol–water partition coefficient (Wildman–Crippen LogP) is 0.782. The van der Waals surface area contributed by atoms with Gasteiger partial charge < -0.3 is 30.9 Å². The molecule has 0 bridgehead atoms. The number of nitrogens with zero attached hydrogens (tertiary/aromatic N) is 1. The normalized spacial score (nSPS) is 45.2. The number of halogens is 1. The van der Waals surface area contributed by atoms with Crippen molar-refractivity contribution in [3.63, 3.8) is 0 Å². The van der Waals surface area contributed by atoms with Crippen LogP contribution in [0.1, 0.15) is 65.7 Å². The molecule has 4 rings (SSSR count). The quantitative estimate of drug-likeness (QED) is 0.263. The molecule has 27 heavy (non-hydrogen) atoms. The van der Waals surface area contributed by atoms with E-state index in [-0.39, 0.29) is 46.2 Å². The molecule has 5 heteroatoms. The zero-order valence-electron chi connectivity index (χ0n) is 17.8. The number of epoxide rings is 1. The largest absolute Gasteiger partial charge is 1.00 e. The van der Waals surface area contributed by atoms with E-state index in [0.29, 0.717) is 17.8 Å². The van der Waals surface area contributed by atoms with E-state index in [1.54, 1.807) is 0 Å². The maximum absolute atomic E-state index is 13.1. The zero-order valence-corrected chi connectivity index (χ0v) is 19.4. The molecule has 0 aromatic rings. The Morgan fingerprint density at radius 2 is 1.89 bits per heavy atom. The lowest BCUT2D eigenvalue weighted by Gasteiger charge is -2.50. The van der Waals surface area contributed by atoms with Crippen molar-refractivity contribution in [2.24, 2.45) is 23.7 Å². The molecule has 1 unspecified atom stereocenters. The molecule has 2 saturated heterocycles. The summed E-state index contributed by atoms with van der Waals surface area (Å²) in [5.41, 5.74) is -0.359. The Kier molecular flexibility index (Phi) is 5.82. The molecule has 2 heterocycles.